The zero-order valence-corrected chi connectivity index (χ0v) is 21.8. The van der Waals surface area contributed by atoms with Gasteiger partial charge in [-0.25, -0.2) is 0 Å². The number of aromatic nitrogens is 2. The minimum absolute atomic E-state index is 0. The van der Waals surface area contributed by atoms with E-state index in [1.54, 1.807) is 60.7 Å². The van der Waals surface area contributed by atoms with Crippen molar-refractivity contribution < 1.29 is 58.5 Å². The van der Waals surface area contributed by atoms with Crippen molar-refractivity contribution in [3.63, 3.8) is 0 Å². The molecule has 0 fully saturated rings. The summed E-state index contributed by atoms with van der Waals surface area (Å²) in [6.07, 6.45) is 0.0428. The van der Waals surface area contributed by atoms with Gasteiger partial charge in [0.2, 0.25) is 6.79 Å². The quantitative estimate of drug-likeness (QED) is 0.201. The Kier molecular flexibility index (Phi) is 7.51. The molecule has 1 aliphatic rings. The van der Waals surface area contributed by atoms with Gasteiger partial charge in [-0.1, -0.05) is 18.2 Å². The average molecular weight is 496 g/mol. The second kappa shape index (κ2) is 10.6. The predicted molar refractivity (Wildman–Crippen MR) is 123 cm³/mol. The third-order valence-corrected chi connectivity index (χ3v) is 6.03. The van der Waals surface area contributed by atoms with Crippen molar-refractivity contribution in [2.24, 2.45) is 0 Å². The van der Waals surface area contributed by atoms with Crippen molar-refractivity contribution in [1.29, 1.82) is 0 Å². The van der Waals surface area contributed by atoms with Gasteiger partial charge in [0.15, 0.2) is 17.3 Å². The molecule has 35 heavy (non-hydrogen) atoms. The van der Waals surface area contributed by atoms with Crippen molar-refractivity contribution in [2.75, 3.05) is 13.9 Å². The van der Waals surface area contributed by atoms with E-state index >= 15 is 0 Å². The van der Waals surface area contributed by atoms with E-state index in [1.165, 1.54) is 7.11 Å². The van der Waals surface area contributed by atoms with Crippen LogP contribution in [-0.2, 0) is 11.2 Å². The van der Waals surface area contributed by atoms with Gasteiger partial charge >= 0.3 is 29.6 Å². The Morgan fingerprint density at radius 2 is 1.74 bits per heavy atom. The molecule has 0 aliphatic carbocycles. The monoisotopic (exact) mass is 496 g/mol. The SMILES string of the molecule is COc1cccc(C/C(C(=O)c2ccc3c(c2)OCO3)=C(\C(=O)[O-])c2ccc3nsnc3c2)c1.[Na+]. The van der Waals surface area contributed by atoms with E-state index in [1.807, 2.05) is 0 Å². The predicted octanol–water partition coefficient (Wildman–Crippen LogP) is 0.0617. The minimum Gasteiger partial charge on any atom is -0.545 e. The number of carbonyl (C=O) groups excluding carboxylic acids is 2. The number of rotatable bonds is 7. The molecule has 0 saturated carbocycles. The Morgan fingerprint density at radius 3 is 2.54 bits per heavy atom. The molecule has 0 amide bonds. The molecule has 10 heteroatoms. The Labute approximate surface area is 226 Å². The van der Waals surface area contributed by atoms with Crippen LogP contribution in [0.2, 0.25) is 0 Å². The smallest absolute Gasteiger partial charge is 0.545 e. The van der Waals surface area contributed by atoms with E-state index in [4.69, 9.17) is 14.2 Å². The summed E-state index contributed by atoms with van der Waals surface area (Å²) in [5.74, 6) is -0.378. The first-order chi connectivity index (χ1) is 16.5. The molecule has 5 rings (SSSR count). The van der Waals surface area contributed by atoms with Crippen LogP contribution in [0, 0.1) is 0 Å². The number of allylic oxidation sites excluding steroid dienone is 1. The van der Waals surface area contributed by atoms with Crippen molar-refractivity contribution in [1.82, 2.24) is 8.75 Å². The minimum atomic E-state index is -1.46. The fourth-order valence-electron chi connectivity index (χ4n) is 3.83. The molecule has 2 heterocycles. The Morgan fingerprint density at radius 1 is 0.971 bits per heavy atom. The zero-order chi connectivity index (χ0) is 23.7. The molecule has 170 valence electrons. The summed E-state index contributed by atoms with van der Waals surface area (Å²) < 4.78 is 24.4. The number of fused-ring (bicyclic) bond motifs is 2. The second-order valence-electron chi connectivity index (χ2n) is 7.53. The number of nitrogens with zero attached hydrogens (tertiary/aromatic N) is 2. The normalized spacial score (nSPS) is 12.6. The van der Waals surface area contributed by atoms with Gasteiger partial charge in [-0.2, -0.15) is 8.75 Å². The van der Waals surface area contributed by atoms with Crippen LogP contribution >= 0.6 is 11.7 Å². The largest absolute Gasteiger partial charge is 1.00 e. The number of benzene rings is 3. The van der Waals surface area contributed by atoms with Crippen molar-refractivity contribution in [3.8, 4) is 17.2 Å². The number of hydrogen-bond donors (Lipinski definition) is 0. The molecule has 0 unspecified atom stereocenters. The molecular formula is C25H17N2NaO6S. The number of ketones is 1. The van der Waals surface area contributed by atoms with E-state index in [0.29, 0.717) is 39.4 Å². The summed E-state index contributed by atoms with van der Waals surface area (Å²) >= 11 is 1.03. The maximum atomic E-state index is 13.7. The van der Waals surface area contributed by atoms with E-state index in [-0.39, 0.29) is 59.5 Å². The summed E-state index contributed by atoms with van der Waals surface area (Å²) in [6.45, 7) is 0.0610. The number of methoxy groups -OCH3 is 1. The Hall–Kier alpha value is -3.24. The van der Waals surface area contributed by atoms with E-state index in [9.17, 15) is 14.7 Å². The van der Waals surface area contributed by atoms with Crippen LogP contribution in [0.15, 0.2) is 66.2 Å². The second-order valence-corrected chi connectivity index (χ2v) is 8.06. The maximum absolute atomic E-state index is 13.7. The molecule has 0 N–H and O–H groups in total. The number of Topliss-reactive ketones (excluding diaryl/α,β-unsaturated/α-hetero) is 1. The maximum Gasteiger partial charge on any atom is 1.00 e. The van der Waals surface area contributed by atoms with Crippen LogP contribution < -0.4 is 48.9 Å². The summed E-state index contributed by atoms with van der Waals surface area (Å²) in [4.78, 5) is 26.2. The van der Waals surface area contributed by atoms with E-state index < -0.39 is 11.8 Å². The van der Waals surface area contributed by atoms with Crippen molar-refractivity contribution in [2.45, 2.75) is 6.42 Å². The topological polar surface area (TPSA) is 111 Å². The number of aliphatic carboxylic acids is 1. The van der Waals surface area contributed by atoms with Crippen LogP contribution in [0.3, 0.4) is 0 Å². The summed E-state index contributed by atoms with van der Waals surface area (Å²) in [5, 5.41) is 12.4. The molecule has 0 bridgehead atoms. The van der Waals surface area contributed by atoms with Crippen LogP contribution in [0.25, 0.3) is 16.6 Å². The first-order valence-electron chi connectivity index (χ1n) is 10.3. The summed E-state index contributed by atoms with van der Waals surface area (Å²) in [6, 6.07) is 16.8. The number of carbonyl (C=O) groups is 2. The molecule has 0 spiro atoms. The average Bonchev–Trinajstić information content (AvgIpc) is 3.51. The van der Waals surface area contributed by atoms with Gasteiger partial charge in [0, 0.05) is 23.1 Å². The summed E-state index contributed by atoms with van der Waals surface area (Å²) in [7, 11) is 1.54. The van der Waals surface area contributed by atoms with Crippen LogP contribution in [0.1, 0.15) is 21.5 Å². The van der Waals surface area contributed by atoms with Gasteiger partial charge in [0.05, 0.1) is 24.8 Å². The Balaban J connectivity index is 0.00000289. The van der Waals surface area contributed by atoms with Gasteiger partial charge in [-0.15, -0.1) is 0 Å². The molecule has 4 aromatic rings. The van der Waals surface area contributed by atoms with Gasteiger partial charge < -0.3 is 24.1 Å². The first-order valence-corrected chi connectivity index (χ1v) is 11.0. The number of ether oxygens (including phenoxy) is 3. The van der Waals surface area contributed by atoms with Gasteiger partial charge in [-0.3, -0.25) is 4.79 Å². The molecule has 1 aromatic heterocycles. The number of carboxylic acid groups (broad SMARTS) is 1. The van der Waals surface area contributed by atoms with Gasteiger partial charge in [0.25, 0.3) is 0 Å². The van der Waals surface area contributed by atoms with Crippen LogP contribution in [-0.4, -0.2) is 34.4 Å². The summed E-state index contributed by atoms with van der Waals surface area (Å²) in [5.41, 5.74) is 2.33. The number of hydrogen-bond acceptors (Lipinski definition) is 9. The molecule has 0 saturated heterocycles. The van der Waals surface area contributed by atoms with Gasteiger partial charge in [0.1, 0.15) is 16.8 Å². The van der Waals surface area contributed by atoms with Crippen LogP contribution in [0.5, 0.6) is 17.2 Å². The third kappa shape index (κ3) is 5.08. The fourth-order valence-corrected chi connectivity index (χ4v) is 4.35. The first kappa shape index (κ1) is 24.9. The zero-order valence-electron chi connectivity index (χ0n) is 18.9. The molecular weight excluding hydrogens is 479 g/mol. The van der Waals surface area contributed by atoms with E-state index in [0.717, 1.165) is 11.7 Å². The molecule has 0 atom stereocenters. The molecule has 0 radical (unpaired) electrons. The fraction of sp³-hybridized carbons (Fsp3) is 0.120. The van der Waals surface area contributed by atoms with Crippen molar-refractivity contribution in [3.05, 3.63) is 82.9 Å². The van der Waals surface area contributed by atoms with Crippen molar-refractivity contribution >= 4 is 40.1 Å². The van der Waals surface area contributed by atoms with Gasteiger partial charge in [-0.05, 0) is 53.6 Å². The third-order valence-electron chi connectivity index (χ3n) is 5.47. The van der Waals surface area contributed by atoms with E-state index in [2.05, 4.69) is 8.75 Å². The standard InChI is InChI=1S/C25H18N2O6S.Na/c1-31-17-4-2-3-14(9-17)10-18(24(28)16-6-8-21-22(12-16)33-13-32-21)23(25(29)30)15-5-7-19-20(11-15)27-34-26-19;/h2-9,11-12H,10,13H2,1H3,(H,29,30);/q;+1/p-1/b23-18+;. The Bertz CT molecular complexity index is 1470. The molecule has 1 aliphatic heterocycles. The van der Waals surface area contributed by atoms with Crippen LogP contribution in [0.4, 0.5) is 0 Å². The molecule has 8 nitrogen and oxygen atoms in total. The number of carboxylic acids is 1. The molecule has 3 aromatic carbocycles.